The molecule has 0 unspecified atom stereocenters. The number of amides is 1. The molecule has 0 radical (unpaired) electrons. The van der Waals surface area contributed by atoms with Crippen LogP contribution in [0.15, 0.2) is 5.51 Å². The Kier molecular flexibility index (Phi) is 3.64. The molecule has 0 bridgehead atoms. The van der Waals surface area contributed by atoms with Crippen molar-refractivity contribution < 1.29 is 14.7 Å². The summed E-state index contributed by atoms with van der Waals surface area (Å²) in [6, 6.07) is 0. The number of thiazole rings is 1. The molecule has 0 spiro atoms. The fraction of sp³-hybridized carbons (Fsp3) is 0.500. The largest absolute Gasteiger partial charge is 0.480 e. The number of carboxylic acids is 1. The second kappa shape index (κ2) is 4.61. The highest BCUT2D eigenvalue weighted by Crippen LogP contribution is 2.26. The topological polar surface area (TPSA) is 79.3 Å². The average molecular weight is 242 g/mol. The number of nitrogens with zero attached hydrogens (tertiary/aromatic N) is 1. The highest BCUT2D eigenvalue weighted by molar-refractivity contribution is 7.11. The molecule has 88 valence electrons. The van der Waals surface area contributed by atoms with E-state index >= 15 is 0 Å². The lowest BCUT2D eigenvalue weighted by molar-refractivity contribution is -0.135. The van der Waals surface area contributed by atoms with E-state index in [1.54, 1.807) is 5.51 Å². The average Bonchev–Trinajstić information content (AvgIpc) is 2.61. The number of carbonyl (C=O) groups is 2. The molecule has 0 aliphatic heterocycles. The third-order valence-corrected chi connectivity index (χ3v) is 2.71. The van der Waals surface area contributed by atoms with E-state index in [-0.39, 0.29) is 17.9 Å². The molecule has 0 saturated heterocycles. The number of carbonyl (C=O) groups excluding carboxylic acids is 1. The molecule has 1 aromatic heterocycles. The van der Waals surface area contributed by atoms with Crippen LogP contribution in [0.5, 0.6) is 0 Å². The van der Waals surface area contributed by atoms with Crippen LogP contribution in [0.2, 0.25) is 0 Å². The number of hydrogen-bond donors (Lipinski definition) is 2. The lowest BCUT2D eigenvalue weighted by Gasteiger charge is -2.17. The third-order valence-electron chi connectivity index (χ3n) is 1.88. The van der Waals surface area contributed by atoms with E-state index < -0.39 is 5.97 Å². The van der Waals surface area contributed by atoms with E-state index in [4.69, 9.17) is 5.11 Å². The molecule has 0 saturated carbocycles. The van der Waals surface area contributed by atoms with Crippen molar-refractivity contribution >= 4 is 23.2 Å². The molecule has 1 heterocycles. The van der Waals surface area contributed by atoms with Gasteiger partial charge in [0, 0.05) is 5.41 Å². The number of aliphatic carboxylic acids is 1. The van der Waals surface area contributed by atoms with Gasteiger partial charge in [0.25, 0.3) is 5.91 Å². The van der Waals surface area contributed by atoms with Crippen molar-refractivity contribution in [2.24, 2.45) is 0 Å². The van der Waals surface area contributed by atoms with E-state index in [9.17, 15) is 9.59 Å². The Morgan fingerprint density at radius 3 is 2.62 bits per heavy atom. The van der Waals surface area contributed by atoms with E-state index in [0.29, 0.717) is 10.6 Å². The zero-order valence-corrected chi connectivity index (χ0v) is 10.2. The predicted octanol–water partition coefficient (Wildman–Crippen LogP) is 1.26. The number of carboxylic acid groups (broad SMARTS) is 1. The number of aromatic nitrogens is 1. The predicted molar refractivity (Wildman–Crippen MR) is 60.8 cm³/mol. The zero-order chi connectivity index (χ0) is 12.3. The fourth-order valence-electron chi connectivity index (χ4n) is 1.18. The maximum Gasteiger partial charge on any atom is 0.322 e. The summed E-state index contributed by atoms with van der Waals surface area (Å²) in [6.45, 7) is 5.49. The Hall–Kier alpha value is -1.43. The summed E-state index contributed by atoms with van der Waals surface area (Å²) < 4.78 is 0. The second-order valence-corrected chi connectivity index (χ2v) is 5.21. The minimum atomic E-state index is -1.06. The summed E-state index contributed by atoms with van der Waals surface area (Å²) in [5.74, 6) is -1.44. The van der Waals surface area contributed by atoms with Crippen molar-refractivity contribution in [3.05, 3.63) is 16.1 Å². The highest BCUT2D eigenvalue weighted by atomic mass is 32.1. The molecule has 0 fully saturated rings. The number of rotatable bonds is 3. The van der Waals surface area contributed by atoms with Gasteiger partial charge < -0.3 is 10.4 Å². The Bertz CT molecular complexity index is 406. The molecule has 0 aliphatic rings. The molecule has 0 aromatic carbocycles. The van der Waals surface area contributed by atoms with Gasteiger partial charge in [0.1, 0.15) is 11.4 Å². The lowest BCUT2D eigenvalue weighted by Crippen LogP contribution is -2.30. The SMILES string of the molecule is CC(C)(C)c1ncsc1C(=O)NCC(=O)O. The van der Waals surface area contributed by atoms with Crippen molar-refractivity contribution in [2.75, 3.05) is 6.54 Å². The van der Waals surface area contributed by atoms with Crippen molar-refractivity contribution in [1.29, 1.82) is 0 Å². The third kappa shape index (κ3) is 3.03. The van der Waals surface area contributed by atoms with Crippen LogP contribution >= 0.6 is 11.3 Å². The Morgan fingerprint density at radius 1 is 1.50 bits per heavy atom. The second-order valence-electron chi connectivity index (χ2n) is 4.36. The van der Waals surface area contributed by atoms with Crippen LogP contribution in [0.1, 0.15) is 36.1 Å². The Labute approximate surface area is 97.5 Å². The quantitative estimate of drug-likeness (QED) is 0.836. The molecule has 5 nitrogen and oxygen atoms in total. The standard InChI is InChI=1S/C10H14N2O3S/c1-10(2,3)8-7(16-5-12-8)9(15)11-4-6(13)14/h5H,4H2,1-3H3,(H,11,15)(H,13,14). The van der Waals surface area contributed by atoms with Gasteiger partial charge in [-0.15, -0.1) is 11.3 Å². The van der Waals surface area contributed by atoms with Gasteiger partial charge in [-0.25, -0.2) is 4.98 Å². The van der Waals surface area contributed by atoms with Crippen LogP contribution in [-0.2, 0) is 10.2 Å². The molecule has 0 aliphatic carbocycles. The molecule has 1 aromatic rings. The Balaban J connectivity index is 2.84. The molecule has 1 rings (SSSR count). The van der Waals surface area contributed by atoms with Gasteiger partial charge in [-0.1, -0.05) is 20.8 Å². The first-order chi connectivity index (χ1) is 7.32. The van der Waals surface area contributed by atoms with Crippen LogP contribution in [0, 0.1) is 0 Å². The molecular weight excluding hydrogens is 228 g/mol. The van der Waals surface area contributed by atoms with Gasteiger partial charge in [-0.3, -0.25) is 9.59 Å². The van der Waals surface area contributed by atoms with E-state index in [2.05, 4.69) is 10.3 Å². The molecule has 1 amide bonds. The fourth-order valence-corrected chi connectivity index (χ4v) is 2.09. The van der Waals surface area contributed by atoms with Crippen molar-refractivity contribution in [3.8, 4) is 0 Å². The van der Waals surface area contributed by atoms with Crippen LogP contribution in [0.4, 0.5) is 0 Å². The Morgan fingerprint density at radius 2 is 2.12 bits per heavy atom. The molecule has 6 heteroatoms. The summed E-state index contributed by atoms with van der Waals surface area (Å²) in [5, 5.41) is 10.8. The maximum atomic E-state index is 11.7. The highest BCUT2D eigenvalue weighted by Gasteiger charge is 2.24. The zero-order valence-electron chi connectivity index (χ0n) is 9.40. The number of hydrogen-bond acceptors (Lipinski definition) is 4. The van der Waals surface area contributed by atoms with E-state index in [1.165, 1.54) is 11.3 Å². The first-order valence-electron chi connectivity index (χ1n) is 4.76. The summed E-state index contributed by atoms with van der Waals surface area (Å²) in [5.41, 5.74) is 2.06. The smallest absolute Gasteiger partial charge is 0.322 e. The molecule has 0 atom stereocenters. The summed E-state index contributed by atoms with van der Waals surface area (Å²) in [4.78, 5) is 26.6. The minimum absolute atomic E-state index is 0.226. The molecule has 2 N–H and O–H groups in total. The van der Waals surface area contributed by atoms with Crippen LogP contribution in [0.25, 0.3) is 0 Å². The van der Waals surface area contributed by atoms with Gasteiger partial charge in [-0.05, 0) is 0 Å². The summed E-state index contributed by atoms with van der Waals surface area (Å²) in [6.07, 6.45) is 0. The maximum absolute atomic E-state index is 11.7. The van der Waals surface area contributed by atoms with Gasteiger partial charge in [0.2, 0.25) is 0 Å². The van der Waals surface area contributed by atoms with E-state index in [1.807, 2.05) is 20.8 Å². The van der Waals surface area contributed by atoms with Gasteiger partial charge in [-0.2, -0.15) is 0 Å². The van der Waals surface area contributed by atoms with Gasteiger partial charge >= 0.3 is 5.97 Å². The normalized spacial score (nSPS) is 11.2. The first kappa shape index (κ1) is 12.6. The summed E-state index contributed by atoms with van der Waals surface area (Å²) >= 11 is 1.22. The first-order valence-corrected chi connectivity index (χ1v) is 5.64. The van der Waals surface area contributed by atoms with Crippen molar-refractivity contribution in [3.63, 3.8) is 0 Å². The number of nitrogens with one attached hydrogen (secondary N) is 1. The van der Waals surface area contributed by atoms with Crippen LogP contribution in [0.3, 0.4) is 0 Å². The monoisotopic (exact) mass is 242 g/mol. The van der Waals surface area contributed by atoms with E-state index in [0.717, 1.165) is 0 Å². The van der Waals surface area contributed by atoms with Crippen molar-refractivity contribution in [2.45, 2.75) is 26.2 Å². The van der Waals surface area contributed by atoms with Gasteiger partial charge in [0.15, 0.2) is 0 Å². The van der Waals surface area contributed by atoms with Gasteiger partial charge in [0.05, 0.1) is 11.2 Å². The molecular formula is C10H14N2O3S. The van der Waals surface area contributed by atoms with Crippen molar-refractivity contribution in [1.82, 2.24) is 10.3 Å². The van der Waals surface area contributed by atoms with Crippen LogP contribution in [-0.4, -0.2) is 28.5 Å². The summed E-state index contributed by atoms with van der Waals surface area (Å²) in [7, 11) is 0. The molecule has 16 heavy (non-hydrogen) atoms. The lowest BCUT2D eigenvalue weighted by atomic mass is 9.91. The minimum Gasteiger partial charge on any atom is -0.480 e. The van der Waals surface area contributed by atoms with Crippen LogP contribution < -0.4 is 5.32 Å².